The molecule has 1 aliphatic heterocycles. The number of hydrogen-bond acceptors (Lipinski definition) is 6. The summed E-state index contributed by atoms with van der Waals surface area (Å²) in [6, 6.07) is 12.7. The number of carbonyl (C=O) groups is 3. The lowest BCUT2D eigenvalue weighted by molar-refractivity contribution is -0.147. The zero-order valence-electron chi connectivity index (χ0n) is 17.5. The summed E-state index contributed by atoms with van der Waals surface area (Å²) in [6.45, 7) is 4.03. The lowest BCUT2D eigenvalue weighted by Gasteiger charge is -2.12. The minimum absolute atomic E-state index is 0.172. The summed E-state index contributed by atoms with van der Waals surface area (Å²) >= 11 is 10.2. The van der Waals surface area contributed by atoms with E-state index in [2.05, 4.69) is 15.9 Å². The van der Waals surface area contributed by atoms with Gasteiger partial charge in [0.2, 0.25) is 0 Å². The van der Waals surface area contributed by atoms with Crippen molar-refractivity contribution in [3.63, 3.8) is 0 Å². The maximum Gasteiger partial charge on any atom is 0.326 e. The number of rotatable bonds is 8. The number of thioether (sulfide) groups is 1. The van der Waals surface area contributed by atoms with Gasteiger partial charge in [-0.05, 0) is 75.1 Å². The summed E-state index contributed by atoms with van der Waals surface area (Å²) < 4.78 is 11.6. The van der Waals surface area contributed by atoms with Crippen molar-refractivity contribution in [2.45, 2.75) is 20.5 Å². The summed E-state index contributed by atoms with van der Waals surface area (Å²) in [5.74, 6) is -0.309. The normalized spacial score (nSPS) is 15.0. The highest BCUT2D eigenvalue weighted by Gasteiger charge is 2.36. The van der Waals surface area contributed by atoms with E-state index in [4.69, 9.17) is 21.1 Å². The Morgan fingerprint density at radius 2 is 1.91 bits per heavy atom. The third kappa shape index (κ3) is 6.60. The molecule has 168 valence electrons. The Hall–Kier alpha value is -2.29. The smallest absolute Gasteiger partial charge is 0.326 e. The molecule has 0 saturated carbocycles. The van der Waals surface area contributed by atoms with Crippen LogP contribution in [-0.4, -0.2) is 35.2 Å². The molecule has 2 aromatic carbocycles. The van der Waals surface area contributed by atoms with Crippen molar-refractivity contribution in [1.82, 2.24) is 4.90 Å². The average Bonchev–Trinajstić information content (AvgIpc) is 3.00. The van der Waals surface area contributed by atoms with Gasteiger partial charge in [-0.25, -0.2) is 0 Å². The second-order valence-electron chi connectivity index (χ2n) is 7.45. The van der Waals surface area contributed by atoms with Gasteiger partial charge in [-0.15, -0.1) is 0 Å². The molecule has 0 aromatic heterocycles. The first-order valence-electron chi connectivity index (χ1n) is 9.80. The van der Waals surface area contributed by atoms with Gasteiger partial charge in [-0.2, -0.15) is 0 Å². The van der Waals surface area contributed by atoms with Crippen LogP contribution < -0.4 is 4.74 Å². The number of benzene rings is 2. The molecule has 1 aliphatic rings. The highest BCUT2D eigenvalue weighted by atomic mass is 79.9. The van der Waals surface area contributed by atoms with Gasteiger partial charge in [0.15, 0.2) is 0 Å². The molecule has 6 nitrogen and oxygen atoms in total. The molecule has 1 heterocycles. The molecule has 32 heavy (non-hydrogen) atoms. The van der Waals surface area contributed by atoms with Crippen LogP contribution in [0, 0.1) is 5.92 Å². The monoisotopic (exact) mass is 537 g/mol. The Balaban J connectivity index is 1.64. The van der Waals surface area contributed by atoms with Crippen LogP contribution in [0.3, 0.4) is 0 Å². The van der Waals surface area contributed by atoms with Gasteiger partial charge in [0.05, 0.1) is 16.0 Å². The van der Waals surface area contributed by atoms with E-state index in [1.165, 1.54) is 0 Å². The molecule has 0 aliphatic carbocycles. The number of hydrogen-bond donors (Lipinski definition) is 0. The van der Waals surface area contributed by atoms with Crippen molar-refractivity contribution < 1.29 is 23.9 Å². The average molecular weight is 539 g/mol. The summed E-state index contributed by atoms with van der Waals surface area (Å²) in [4.78, 5) is 37.8. The second kappa shape index (κ2) is 11.0. The highest BCUT2D eigenvalue weighted by Crippen LogP contribution is 2.34. The number of ether oxygens (including phenoxy) is 2. The van der Waals surface area contributed by atoms with Crippen LogP contribution in [0.4, 0.5) is 4.79 Å². The lowest BCUT2D eigenvalue weighted by atomic mass is 10.2. The highest BCUT2D eigenvalue weighted by molar-refractivity contribution is 9.10. The van der Waals surface area contributed by atoms with Crippen molar-refractivity contribution in [2.24, 2.45) is 5.92 Å². The molecule has 0 spiro atoms. The van der Waals surface area contributed by atoms with Crippen LogP contribution in [0.25, 0.3) is 6.08 Å². The minimum atomic E-state index is -0.604. The van der Waals surface area contributed by atoms with E-state index in [1.54, 1.807) is 36.4 Å². The van der Waals surface area contributed by atoms with Gasteiger partial charge in [0, 0.05) is 5.02 Å². The molecule has 9 heteroatoms. The van der Waals surface area contributed by atoms with Gasteiger partial charge in [0.1, 0.15) is 18.9 Å². The van der Waals surface area contributed by atoms with Crippen molar-refractivity contribution >= 4 is 62.5 Å². The molecule has 1 saturated heterocycles. The lowest BCUT2D eigenvalue weighted by Crippen LogP contribution is -2.34. The first-order chi connectivity index (χ1) is 15.2. The number of halogens is 2. The first kappa shape index (κ1) is 24.4. The third-order valence-corrected chi connectivity index (χ3v) is 6.08. The van der Waals surface area contributed by atoms with E-state index in [0.29, 0.717) is 27.4 Å². The van der Waals surface area contributed by atoms with E-state index in [0.717, 1.165) is 22.2 Å². The van der Waals surface area contributed by atoms with Crippen molar-refractivity contribution in [1.29, 1.82) is 0 Å². The third-order valence-electron chi connectivity index (χ3n) is 4.30. The Bertz CT molecular complexity index is 1050. The molecule has 0 bridgehead atoms. The number of nitrogens with zero attached hydrogens (tertiary/aromatic N) is 1. The van der Waals surface area contributed by atoms with E-state index >= 15 is 0 Å². The zero-order valence-corrected chi connectivity index (χ0v) is 20.6. The first-order valence-corrected chi connectivity index (χ1v) is 11.8. The van der Waals surface area contributed by atoms with Crippen LogP contribution in [0.2, 0.25) is 5.02 Å². The fraction of sp³-hybridized carbons (Fsp3) is 0.261. The Morgan fingerprint density at radius 1 is 1.19 bits per heavy atom. The Kier molecular flexibility index (Phi) is 8.39. The minimum Gasteiger partial charge on any atom is -0.488 e. The van der Waals surface area contributed by atoms with Gasteiger partial charge in [-0.3, -0.25) is 19.3 Å². The van der Waals surface area contributed by atoms with Crippen molar-refractivity contribution in [2.75, 3.05) is 13.2 Å². The molecule has 3 rings (SSSR count). The van der Waals surface area contributed by atoms with E-state index in [1.807, 2.05) is 26.0 Å². The summed E-state index contributed by atoms with van der Waals surface area (Å²) in [5, 5.41) is 0.167. The van der Waals surface area contributed by atoms with Gasteiger partial charge < -0.3 is 9.47 Å². The van der Waals surface area contributed by atoms with Crippen LogP contribution in [0.1, 0.15) is 25.0 Å². The molecule has 0 unspecified atom stereocenters. The molecule has 0 atom stereocenters. The largest absolute Gasteiger partial charge is 0.488 e. The van der Waals surface area contributed by atoms with Crippen molar-refractivity contribution in [3.8, 4) is 5.75 Å². The Morgan fingerprint density at radius 3 is 2.56 bits per heavy atom. The quantitative estimate of drug-likeness (QED) is 0.307. The SMILES string of the molecule is CC(C)COC(=O)CN1C(=O)S/C(=C/c2ccc(OCc3ccc(Cl)cc3)c(Br)c2)C1=O. The summed E-state index contributed by atoms with van der Waals surface area (Å²) in [7, 11) is 0. The molecule has 0 N–H and O–H groups in total. The maximum atomic E-state index is 12.6. The number of carbonyl (C=O) groups excluding carboxylic acids is 3. The number of esters is 1. The van der Waals surface area contributed by atoms with Gasteiger partial charge >= 0.3 is 5.97 Å². The molecule has 2 aromatic rings. The second-order valence-corrected chi connectivity index (χ2v) is 9.73. The fourth-order valence-corrected chi connectivity index (χ4v) is 4.16. The van der Waals surface area contributed by atoms with E-state index in [-0.39, 0.29) is 17.4 Å². The van der Waals surface area contributed by atoms with E-state index in [9.17, 15) is 14.4 Å². The predicted molar refractivity (Wildman–Crippen MR) is 128 cm³/mol. The van der Waals surface area contributed by atoms with Gasteiger partial charge in [0.25, 0.3) is 11.1 Å². The predicted octanol–water partition coefficient (Wildman–Crippen LogP) is 5.92. The molecule has 1 fully saturated rings. The van der Waals surface area contributed by atoms with Crippen LogP contribution in [-0.2, 0) is 20.9 Å². The maximum absolute atomic E-state index is 12.6. The summed E-state index contributed by atoms with van der Waals surface area (Å²) in [5.41, 5.74) is 1.69. The number of amides is 2. The molecular weight excluding hydrogens is 518 g/mol. The zero-order chi connectivity index (χ0) is 23.3. The van der Waals surface area contributed by atoms with E-state index < -0.39 is 23.7 Å². The summed E-state index contributed by atoms with van der Waals surface area (Å²) in [6.07, 6.45) is 1.61. The Labute approximate surface area is 204 Å². The van der Waals surface area contributed by atoms with Crippen LogP contribution in [0.5, 0.6) is 5.75 Å². The standard InChI is InChI=1S/C23H21BrClNO5S/c1-14(2)12-31-21(27)11-26-22(28)20(32-23(26)29)10-16-5-8-19(18(24)9-16)30-13-15-3-6-17(25)7-4-15/h3-10,14H,11-13H2,1-2H3/b20-10+. The molecule has 0 radical (unpaired) electrons. The van der Waals surface area contributed by atoms with Crippen LogP contribution in [0.15, 0.2) is 51.8 Å². The molecular formula is C23H21BrClNO5S. The fourth-order valence-electron chi connectivity index (χ4n) is 2.69. The topological polar surface area (TPSA) is 72.9 Å². The van der Waals surface area contributed by atoms with Crippen LogP contribution >= 0.6 is 39.3 Å². The molecule has 2 amide bonds. The van der Waals surface area contributed by atoms with Gasteiger partial charge in [-0.1, -0.05) is 43.6 Å². The van der Waals surface area contributed by atoms with Crippen molar-refractivity contribution in [3.05, 3.63) is 68.0 Å². The number of imide groups is 1.